The second-order valence-electron chi connectivity index (χ2n) is 9.87. The van der Waals surface area contributed by atoms with Crippen molar-refractivity contribution in [3.63, 3.8) is 0 Å². The number of aliphatic imine (C=N–C) groups is 1. The molecule has 2 heterocycles. The summed E-state index contributed by atoms with van der Waals surface area (Å²) in [5.74, 6) is -0.455. The van der Waals surface area contributed by atoms with Crippen LogP contribution in [0.25, 0.3) is 5.70 Å². The summed E-state index contributed by atoms with van der Waals surface area (Å²) in [6, 6.07) is 7.10. The van der Waals surface area contributed by atoms with E-state index in [0.29, 0.717) is 40.6 Å². The van der Waals surface area contributed by atoms with Gasteiger partial charge < -0.3 is 9.80 Å². The molecule has 1 aliphatic rings. The van der Waals surface area contributed by atoms with E-state index < -0.39 is 5.82 Å². The predicted octanol–water partition coefficient (Wildman–Crippen LogP) is 5.15. The number of anilines is 1. The lowest BCUT2D eigenvalue weighted by molar-refractivity contribution is 0.148. The molecule has 0 N–H and O–H groups in total. The molecule has 1 fully saturated rings. The maximum atomic E-state index is 15.0. The van der Waals surface area contributed by atoms with E-state index in [2.05, 4.69) is 47.6 Å². The number of likely N-dealkylation sites (N-methyl/N-ethyl adjacent to an activating group) is 1. The largest absolute Gasteiger partial charge is 0.375 e. The van der Waals surface area contributed by atoms with Crippen LogP contribution in [0.3, 0.4) is 0 Å². The first-order chi connectivity index (χ1) is 17.7. The number of halogens is 2. The normalized spacial score (nSPS) is 17.5. The first-order valence-electron chi connectivity index (χ1n) is 13.2. The lowest BCUT2D eigenvalue weighted by Crippen LogP contribution is -2.54. The van der Waals surface area contributed by atoms with Gasteiger partial charge in [0.05, 0.1) is 29.8 Å². The average molecular weight is 531 g/mol. The Hall–Kier alpha value is -2.71. The van der Waals surface area contributed by atoms with Gasteiger partial charge in [0, 0.05) is 68.2 Å². The Morgan fingerprint density at radius 2 is 2.05 bits per heavy atom. The maximum absolute atomic E-state index is 15.0. The number of rotatable bonds is 10. The molecule has 0 saturated carbocycles. The highest BCUT2D eigenvalue weighted by Gasteiger charge is 2.26. The van der Waals surface area contributed by atoms with Gasteiger partial charge in [0.2, 0.25) is 0 Å². The van der Waals surface area contributed by atoms with Gasteiger partial charge in [-0.3, -0.25) is 14.7 Å². The van der Waals surface area contributed by atoms with Gasteiger partial charge in [-0.05, 0) is 52.3 Å². The molecule has 1 saturated heterocycles. The average Bonchev–Trinajstić information content (AvgIpc) is 2.86. The van der Waals surface area contributed by atoms with Crippen LogP contribution in [0.2, 0.25) is 5.02 Å². The zero-order valence-electron chi connectivity index (χ0n) is 22.9. The maximum Gasteiger partial charge on any atom is 0.269 e. The van der Waals surface area contributed by atoms with Crippen molar-refractivity contribution in [1.29, 1.82) is 0 Å². The zero-order valence-corrected chi connectivity index (χ0v) is 23.7. The van der Waals surface area contributed by atoms with Crippen LogP contribution in [0.4, 0.5) is 10.1 Å². The van der Waals surface area contributed by atoms with Crippen LogP contribution in [0.15, 0.2) is 45.9 Å². The molecule has 9 heteroatoms. The van der Waals surface area contributed by atoms with E-state index in [1.54, 1.807) is 30.6 Å². The first kappa shape index (κ1) is 28.9. The Morgan fingerprint density at radius 1 is 1.30 bits per heavy atom. The molecule has 1 aliphatic heterocycles. The quantitative estimate of drug-likeness (QED) is 0.398. The summed E-state index contributed by atoms with van der Waals surface area (Å²) in [4.78, 5) is 24.5. The molecule has 1 aromatic carbocycles. The van der Waals surface area contributed by atoms with E-state index in [-0.39, 0.29) is 12.1 Å². The van der Waals surface area contributed by atoms with E-state index in [1.165, 1.54) is 10.7 Å². The molecule has 1 aromatic heterocycles. The fourth-order valence-electron chi connectivity index (χ4n) is 4.66. The van der Waals surface area contributed by atoms with Crippen molar-refractivity contribution in [1.82, 2.24) is 19.6 Å². The van der Waals surface area contributed by atoms with Gasteiger partial charge >= 0.3 is 0 Å². The van der Waals surface area contributed by atoms with Gasteiger partial charge in [0.25, 0.3) is 5.56 Å². The van der Waals surface area contributed by atoms with Crippen molar-refractivity contribution in [2.24, 2.45) is 4.99 Å². The minimum atomic E-state index is -0.455. The van der Waals surface area contributed by atoms with Gasteiger partial charge in [0.15, 0.2) is 0 Å². The number of unbranched alkanes of at least 4 members (excludes halogenated alkanes) is 1. The third kappa shape index (κ3) is 7.20. The first-order valence-corrected chi connectivity index (χ1v) is 13.5. The van der Waals surface area contributed by atoms with E-state index in [4.69, 9.17) is 11.6 Å². The third-order valence-corrected chi connectivity index (χ3v) is 7.13. The molecule has 37 heavy (non-hydrogen) atoms. The minimum Gasteiger partial charge on any atom is -0.375 e. The second-order valence-corrected chi connectivity index (χ2v) is 10.3. The Kier molecular flexibility index (Phi) is 10.3. The van der Waals surface area contributed by atoms with Crippen LogP contribution in [0.1, 0.15) is 53.0 Å². The summed E-state index contributed by atoms with van der Waals surface area (Å²) in [7, 11) is 1.91. The Morgan fingerprint density at radius 3 is 2.65 bits per heavy atom. The van der Waals surface area contributed by atoms with Crippen LogP contribution < -0.4 is 10.5 Å². The molecule has 2 aromatic rings. The monoisotopic (exact) mass is 530 g/mol. The molecule has 7 nitrogen and oxygen atoms in total. The molecule has 0 radical (unpaired) electrons. The van der Waals surface area contributed by atoms with Gasteiger partial charge in [-0.25, -0.2) is 9.07 Å². The third-order valence-electron chi connectivity index (χ3n) is 6.89. The number of piperazine rings is 1. The van der Waals surface area contributed by atoms with Crippen molar-refractivity contribution in [3.05, 3.63) is 62.9 Å². The summed E-state index contributed by atoms with van der Waals surface area (Å²) >= 11 is 6.01. The van der Waals surface area contributed by atoms with Crippen LogP contribution in [0.5, 0.6) is 0 Å². The summed E-state index contributed by atoms with van der Waals surface area (Å²) in [6.07, 6.45) is 5.23. The molecule has 1 atom stereocenters. The van der Waals surface area contributed by atoms with Gasteiger partial charge in [-0.1, -0.05) is 24.9 Å². The van der Waals surface area contributed by atoms with Crippen molar-refractivity contribution in [2.75, 3.05) is 38.1 Å². The molecule has 3 rings (SSSR count). The number of aromatic nitrogens is 2. The van der Waals surface area contributed by atoms with Crippen molar-refractivity contribution in [2.45, 2.75) is 66.1 Å². The fraction of sp³-hybridized carbons (Fsp3) is 0.536. The highest BCUT2D eigenvalue weighted by atomic mass is 35.5. The summed E-state index contributed by atoms with van der Waals surface area (Å²) in [5, 5.41) is 4.84. The standard InChI is InChI=1S/C28H40ClFN6O/c1-7-9-12-31-28(24-11-10-22(29)15-25(24)30)26(33(6)8-2)19-36-27(37)16-23(17-32-36)34-13-14-35(20(3)4)21(5)18-34/h10-12,15-17,20-21H,7-9,13-14,18-19H2,1-6H3/b28-26-,31-12?. The molecule has 0 aliphatic carbocycles. The SMILES string of the molecule is CCCC=N/C(=C(/Cn1ncc(N2CCN(C(C)C)C(C)C2)cc1=O)N(C)CC)c1ccc(Cl)cc1F. The van der Waals surface area contributed by atoms with Crippen LogP contribution in [-0.2, 0) is 6.54 Å². The zero-order chi connectivity index (χ0) is 27.1. The Balaban J connectivity index is 1.98. The highest BCUT2D eigenvalue weighted by molar-refractivity contribution is 6.30. The van der Waals surface area contributed by atoms with Crippen molar-refractivity contribution in [3.8, 4) is 0 Å². The Labute approximate surface area is 225 Å². The Bertz CT molecular complexity index is 1180. The van der Waals surface area contributed by atoms with E-state index in [1.807, 2.05) is 18.9 Å². The second kappa shape index (κ2) is 13.2. The van der Waals surface area contributed by atoms with Gasteiger partial charge in [-0.2, -0.15) is 5.10 Å². The summed E-state index contributed by atoms with van der Waals surface area (Å²) in [5.41, 5.74) is 2.15. The fourth-order valence-corrected chi connectivity index (χ4v) is 4.82. The van der Waals surface area contributed by atoms with Crippen LogP contribution in [0, 0.1) is 5.82 Å². The molecule has 0 bridgehead atoms. The molecule has 202 valence electrons. The predicted molar refractivity (Wildman–Crippen MR) is 152 cm³/mol. The summed E-state index contributed by atoms with van der Waals surface area (Å²) < 4.78 is 16.4. The van der Waals surface area contributed by atoms with E-state index in [9.17, 15) is 4.79 Å². The number of benzene rings is 1. The summed E-state index contributed by atoms with van der Waals surface area (Å²) in [6.45, 7) is 14.2. The number of hydrogen-bond donors (Lipinski definition) is 0. The van der Waals surface area contributed by atoms with E-state index in [0.717, 1.165) is 38.2 Å². The lowest BCUT2D eigenvalue weighted by atomic mass is 10.1. The number of nitrogens with zero attached hydrogens (tertiary/aromatic N) is 6. The topological polar surface area (TPSA) is 57.0 Å². The molecular formula is C28H40ClFN6O. The van der Waals surface area contributed by atoms with Crippen molar-refractivity contribution < 1.29 is 4.39 Å². The molecule has 1 unspecified atom stereocenters. The lowest BCUT2D eigenvalue weighted by Gasteiger charge is -2.42. The minimum absolute atomic E-state index is 0.169. The smallest absolute Gasteiger partial charge is 0.269 e. The van der Waals surface area contributed by atoms with Crippen molar-refractivity contribution >= 4 is 29.2 Å². The highest BCUT2D eigenvalue weighted by Crippen LogP contribution is 2.28. The van der Waals surface area contributed by atoms with Crippen LogP contribution in [-0.4, -0.2) is 71.1 Å². The number of hydrogen-bond acceptors (Lipinski definition) is 6. The number of allylic oxidation sites excluding steroid dienone is 1. The molecule has 0 spiro atoms. The molecular weight excluding hydrogens is 491 g/mol. The van der Waals surface area contributed by atoms with Crippen LogP contribution >= 0.6 is 11.6 Å². The van der Waals surface area contributed by atoms with E-state index >= 15 is 4.39 Å². The molecule has 0 amide bonds. The van der Waals surface area contributed by atoms with Gasteiger partial charge in [0.1, 0.15) is 5.82 Å². The van der Waals surface area contributed by atoms with Gasteiger partial charge in [-0.15, -0.1) is 0 Å².